The van der Waals surface area contributed by atoms with Gasteiger partial charge in [0.05, 0.1) is 0 Å². The number of nitrogens with zero attached hydrogens (tertiary/aromatic N) is 2. The van der Waals surface area contributed by atoms with Crippen LogP contribution in [-0.4, -0.2) is 64.3 Å². The van der Waals surface area contributed by atoms with Crippen LogP contribution in [0.4, 0.5) is 4.79 Å². The van der Waals surface area contributed by atoms with Gasteiger partial charge in [0.1, 0.15) is 5.60 Å². The van der Waals surface area contributed by atoms with Crippen LogP contribution < -0.4 is 0 Å². The summed E-state index contributed by atoms with van der Waals surface area (Å²) in [6.45, 7) is 9.78. The second kappa shape index (κ2) is 5.48. The lowest BCUT2D eigenvalue weighted by Gasteiger charge is -2.54. The molecule has 3 aliphatic heterocycles. The van der Waals surface area contributed by atoms with Crippen LogP contribution in [0.15, 0.2) is 0 Å². The standard InChI is InChI=1S/C15H26N2O4/c1-5-17(13(20)21-14(2,3)4)15(12(18)19)10-16-8-6-11(15)7-9-16/h11H,5-10H2,1-4H3,(H,18,19). The molecule has 2 bridgehead atoms. The number of carboxylic acid groups (broad SMARTS) is 1. The average Bonchev–Trinajstić information content (AvgIpc) is 2.38. The molecule has 0 spiro atoms. The summed E-state index contributed by atoms with van der Waals surface area (Å²) in [6.07, 6.45) is 1.12. The zero-order valence-electron chi connectivity index (χ0n) is 13.4. The van der Waals surface area contributed by atoms with E-state index < -0.39 is 23.2 Å². The largest absolute Gasteiger partial charge is 0.479 e. The zero-order valence-corrected chi connectivity index (χ0v) is 13.4. The Labute approximate surface area is 126 Å². The van der Waals surface area contributed by atoms with E-state index in [4.69, 9.17) is 4.74 Å². The molecule has 0 radical (unpaired) electrons. The number of ether oxygens (including phenoxy) is 1. The smallest absolute Gasteiger partial charge is 0.411 e. The highest BCUT2D eigenvalue weighted by Crippen LogP contribution is 2.40. The van der Waals surface area contributed by atoms with Crippen molar-refractivity contribution in [3.63, 3.8) is 0 Å². The summed E-state index contributed by atoms with van der Waals surface area (Å²) >= 11 is 0. The molecule has 1 N–H and O–H groups in total. The third-order valence-corrected chi connectivity index (χ3v) is 4.51. The van der Waals surface area contributed by atoms with Crippen LogP contribution in [0.2, 0.25) is 0 Å². The summed E-state index contributed by atoms with van der Waals surface area (Å²) in [4.78, 5) is 28.1. The maximum atomic E-state index is 12.5. The molecule has 21 heavy (non-hydrogen) atoms. The average molecular weight is 298 g/mol. The molecule has 3 rings (SSSR count). The normalized spacial score (nSPS) is 31.8. The minimum Gasteiger partial charge on any atom is -0.479 e. The van der Waals surface area contributed by atoms with Crippen molar-refractivity contribution in [3.8, 4) is 0 Å². The summed E-state index contributed by atoms with van der Waals surface area (Å²) in [5, 5.41) is 9.88. The Balaban J connectivity index is 2.32. The second-order valence-electron chi connectivity index (χ2n) is 7.00. The van der Waals surface area contributed by atoms with Crippen LogP contribution in [0.5, 0.6) is 0 Å². The molecule has 3 saturated heterocycles. The minimum atomic E-state index is -1.15. The van der Waals surface area contributed by atoms with E-state index in [1.165, 1.54) is 4.90 Å². The van der Waals surface area contributed by atoms with Crippen molar-refractivity contribution in [2.45, 2.75) is 51.7 Å². The van der Waals surface area contributed by atoms with E-state index in [0.717, 1.165) is 25.9 Å². The second-order valence-corrected chi connectivity index (χ2v) is 7.00. The van der Waals surface area contributed by atoms with E-state index >= 15 is 0 Å². The highest BCUT2D eigenvalue weighted by Gasteiger charge is 2.57. The van der Waals surface area contributed by atoms with Crippen molar-refractivity contribution < 1.29 is 19.4 Å². The molecule has 1 atom stereocenters. The van der Waals surface area contributed by atoms with Gasteiger partial charge in [-0.05, 0) is 59.5 Å². The summed E-state index contributed by atoms with van der Waals surface area (Å²) in [6, 6.07) is 0. The van der Waals surface area contributed by atoms with Gasteiger partial charge in [0, 0.05) is 13.1 Å². The molecule has 6 heteroatoms. The number of amides is 1. The highest BCUT2D eigenvalue weighted by atomic mass is 16.6. The van der Waals surface area contributed by atoms with E-state index in [2.05, 4.69) is 4.90 Å². The van der Waals surface area contributed by atoms with Gasteiger partial charge < -0.3 is 14.7 Å². The van der Waals surface area contributed by atoms with Gasteiger partial charge in [0.25, 0.3) is 0 Å². The monoisotopic (exact) mass is 298 g/mol. The van der Waals surface area contributed by atoms with Gasteiger partial charge in [-0.15, -0.1) is 0 Å². The summed E-state index contributed by atoms with van der Waals surface area (Å²) in [5.74, 6) is -0.905. The van der Waals surface area contributed by atoms with Crippen molar-refractivity contribution in [1.82, 2.24) is 9.80 Å². The van der Waals surface area contributed by atoms with Gasteiger partial charge in [0.2, 0.25) is 0 Å². The molecular weight excluding hydrogens is 272 g/mol. The molecule has 6 nitrogen and oxygen atoms in total. The van der Waals surface area contributed by atoms with Crippen molar-refractivity contribution in [1.29, 1.82) is 0 Å². The number of carboxylic acids is 1. The van der Waals surface area contributed by atoms with E-state index in [-0.39, 0.29) is 5.92 Å². The number of fused-ring (bicyclic) bond motifs is 3. The summed E-state index contributed by atoms with van der Waals surface area (Å²) in [5.41, 5.74) is -1.77. The van der Waals surface area contributed by atoms with E-state index in [0.29, 0.717) is 13.1 Å². The number of rotatable bonds is 3. The van der Waals surface area contributed by atoms with E-state index in [9.17, 15) is 14.7 Å². The first-order valence-corrected chi connectivity index (χ1v) is 7.67. The van der Waals surface area contributed by atoms with Crippen molar-refractivity contribution in [2.75, 3.05) is 26.2 Å². The molecule has 3 heterocycles. The van der Waals surface area contributed by atoms with Crippen molar-refractivity contribution in [2.24, 2.45) is 5.92 Å². The molecule has 0 aromatic rings. The Kier molecular flexibility index (Phi) is 4.19. The minimum absolute atomic E-state index is 0.00692. The maximum absolute atomic E-state index is 12.5. The Morgan fingerprint density at radius 3 is 2.24 bits per heavy atom. The van der Waals surface area contributed by atoms with Crippen LogP contribution >= 0.6 is 0 Å². The Morgan fingerprint density at radius 2 is 1.90 bits per heavy atom. The number of piperidine rings is 3. The molecule has 0 aliphatic carbocycles. The molecule has 0 aromatic heterocycles. The third kappa shape index (κ3) is 2.86. The number of hydrogen-bond donors (Lipinski definition) is 1. The molecule has 1 unspecified atom stereocenters. The predicted molar refractivity (Wildman–Crippen MR) is 78.1 cm³/mol. The van der Waals surface area contributed by atoms with E-state index in [1.807, 2.05) is 6.92 Å². The highest BCUT2D eigenvalue weighted by molar-refractivity contribution is 5.85. The predicted octanol–water partition coefficient (Wildman–Crippen LogP) is 1.79. The van der Waals surface area contributed by atoms with Crippen LogP contribution in [0.1, 0.15) is 40.5 Å². The number of aliphatic carboxylic acids is 1. The Hall–Kier alpha value is -1.30. The summed E-state index contributed by atoms with van der Waals surface area (Å²) < 4.78 is 5.43. The SMILES string of the molecule is CCN(C(=O)OC(C)(C)C)C1(C(=O)O)CN2CCC1CC2. The fraction of sp³-hybridized carbons (Fsp3) is 0.867. The fourth-order valence-electron chi connectivity index (χ4n) is 3.59. The topological polar surface area (TPSA) is 70.1 Å². The molecular formula is C15H26N2O4. The van der Waals surface area contributed by atoms with Crippen LogP contribution in [0, 0.1) is 5.92 Å². The quantitative estimate of drug-likeness (QED) is 0.860. The number of carbonyl (C=O) groups is 2. The lowest BCUT2D eigenvalue weighted by atomic mass is 9.71. The number of carbonyl (C=O) groups excluding carboxylic acids is 1. The zero-order chi connectivity index (χ0) is 15.8. The van der Waals surface area contributed by atoms with Gasteiger partial charge in [-0.3, -0.25) is 4.90 Å². The molecule has 0 saturated carbocycles. The third-order valence-electron chi connectivity index (χ3n) is 4.51. The first-order chi connectivity index (χ1) is 9.70. The molecule has 1 amide bonds. The molecule has 3 aliphatic rings. The molecule has 120 valence electrons. The summed E-state index contributed by atoms with van der Waals surface area (Å²) in [7, 11) is 0. The van der Waals surface area contributed by atoms with Crippen LogP contribution in [0.3, 0.4) is 0 Å². The lowest BCUT2D eigenvalue weighted by Crippen LogP contribution is -2.72. The van der Waals surface area contributed by atoms with Gasteiger partial charge in [-0.25, -0.2) is 9.59 Å². The maximum Gasteiger partial charge on any atom is 0.411 e. The van der Waals surface area contributed by atoms with Crippen molar-refractivity contribution >= 4 is 12.1 Å². The van der Waals surface area contributed by atoms with E-state index in [1.54, 1.807) is 20.8 Å². The van der Waals surface area contributed by atoms with Gasteiger partial charge in [0.15, 0.2) is 5.54 Å². The van der Waals surface area contributed by atoms with Crippen LogP contribution in [-0.2, 0) is 9.53 Å². The first kappa shape index (κ1) is 16.1. The molecule has 3 fully saturated rings. The van der Waals surface area contributed by atoms with Gasteiger partial charge in [-0.1, -0.05) is 0 Å². The van der Waals surface area contributed by atoms with Gasteiger partial charge >= 0.3 is 12.1 Å². The van der Waals surface area contributed by atoms with Crippen molar-refractivity contribution in [3.05, 3.63) is 0 Å². The van der Waals surface area contributed by atoms with Crippen LogP contribution in [0.25, 0.3) is 0 Å². The Bertz CT molecular complexity index is 424. The fourth-order valence-corrected chi connectivity index (χ4v) is 3.59. The van der Waals surface area contributed by atoms with Gasteiger partial charge in [-0.2, -0.15) is 0 Å². The first-order valence-electron chi connectivity index (χ1n) is 7.67. The lowest BCUT2D eigenvalue weighted by molar-refractivity contribution is -0.166. The number of hydrogen-bond acceptors (Lipinski definition) is 4. The number of likely N-dealkylation sites (N-methyl/N-ethyl adjacent to an activating group) is 1. The Morgan fingerprint density at radius 1 is 1.33 bits per heavy atom. The molecule has 0 aromatic carbocycles.